The number of hydrogen-bond acceptors (Lipinski definition) is 3. The van der Waals surface area contributed by atoms with Crippen molar-refractivity contribution in [2.75, 3.05) is 26.2 Å². The Kier molecular flexibility index (Phi) is 5.34. The molecule has 2 aliphatic rings. The number of alkyl halides is 3. The molecule has 0 N–H and O–H groups in total. The van der Waals surface area contributed by atoms with E-state index in [0.717, 1.165) is 44.7 Å². The molecule has 3 nitrogen and oxygen atoms in total. The third kappa shape index (κ3) is 4.33. The highest BCUT2D eigenvalue weighted by molar-refractivity contribution is 5.30. The number of likely N-dealkylation sites (tertiary alicyclic amines) is 2. The second-order valence-corrected chi connectivity index (χ2v) is 7.83. The van der Waals surface area contributed by atoms with Crippen molar-refractivity contribution in [3.63, 3.8) is 0 Å². The first-order valence-corrected chi connectivity index (χ1v) is 9.72. The molecule has 2 fully saturated rings. The second kappa shape index (κ2) is 7.76. The molecular weight excluding hydrogens is 365 g/mol. The third-order valence-electron chi connectivity index (χ3n) is 5.78. The fourth-order valence-corrected chi connectivity index (χ4v) is 4.27. The first kappa shape index (κ1) is 19.3. The Hall–Kier alpha value is -2.05. The van der Waals surface area contributed by atoms with Crippen LogP contribution < -0.4 is 4.74 Å². The number of halogens is 3. The van der Waals surface area contributed by atoms with Gasteiger partial charge in [-0.15, -0.1) is 0 Å². The zero-order valence-corrected chi connectivity index (χ0v) is 16.0. The molecule has 2 heterocycles. The van der Waals surface area contributed by atoms with Crippen molar-refractivity contribution < 1.29 is 17.9 Å². The normalized spacial score (nSPS) is 22.7. The van der Waals surface area contributed by atoms with Crippen LogP contribution in [0.15, 0.2) is 48.5 Å². The maximum absolute atomic E-state index is 12.8. The van der Waals surface area contributed by atoms with Gasteiger partial charge in [-0.2, -0.15) is 13.2 Å². The fraction of sp³-hybridized carbons (Fsp3) is 0.455. The van der Waals surface area contributed by atoms with Crippen LogP contribution in [0.2, 0.25) is 0 Å². The molecule has 0 aliphatic carbocycles. The molecule has 150 valence electrons. The van der Waals surface area contributed by atoms with Crippen molar-refractivity contribution in [2.24, 2.45) is 0 Å². The quantitative estimate of drug-likeness (QED) is 0.729. The summed E-state index contributed by atoms with van der Waals surface area (Å²) in [4.78, 5) is 4.95. The van der Waals surface area contributed by atoms with Gasteiger partial charge in [-0.3, -0.25) is 9.80 Å². The number of aryl methyl sites for hydroxylation is 1. The van der Waals surface area contributed by atoms with E-state index >= 15 is 0 Å². The highest BCUT2D eigenvalue weighted by Crippen LogP contribution is 2.33. The molecule has 28 heavy (non-hydrogen) atoms. The van der Waals surface area contributed by atoms with Crippen molar-refractivity contribution in [3.05, 3.63) is 65.2 Å². The van der Waals surface area contributed by atoms with Gasteiger partial charge >= 0.3 is 6.18 Å². The first-order chi connectivity index (χ1) is 13.4. The summed E-state index contributed by atoms with van der Waals surface area (Å²) in [5.74, 6) is 0.278. The molecule has 0 saturated carbocycles. The number of piperazine rings is 1. The zero-order valence-electron chi connectivity index (χ0n) is 16.0. The molecule has 2 aromatic rings. The van der Waals surface area contributed by atoms with E-state index < -0.39 is 11.7 Å². The minimum absolute atomic E-state index is 0.278. The standard InChI is InChI=1S/C22H25F3N2O/c1-16-5-7-17(8-6-16)13-27-15-19-12-20(27)14-26(19)9-10-28-21-4-2-3-18(11-21)22(23,24)25/h2-8,11,19-20H,9-10,12-15H2,1H3/t19?,20-/m0/s1. The lowest BCUT2D eigenvalue weighted by Crippen LogP contribution is -2.47. The molecule has 2 bridgehead atoms. The van der Waals surface area contributed by atoms with Crippen LogP contribution in [0.1, 0.15) is 23.1 Å². The summed E-state index contributed by atoms with van der Waals surface area (Å²) in [5, 5.41) is 0. The van der Waals surface area contributed by atoms with E-state index in [1.54, 1.807) is 6.07 Å². The smallest absolute Gasteiger partial charge is 0.416 e. The predicted molar refractivity (Wildman–Crippen MR) is 102 cm³/mol. The maximum atomic E-state index is 12.8. The third-order valence-corrected chi connectivity index (χ3v) is 5.78. The maximum Gasteiger partial charge on any atom is 0.416 e. The summed E-state index contributed by atoms with van der Waals surface area (Å²) in [6.45, 7) is 6.28. The minimum atomic E-state index is -4.34. The lowest BCUT2D eigenvalue weighted by molar-refractivity contribution is -0.137. The van der Waals surface area contributed by atoms with Gasteiger partial charge in [0.2, 0.25) is 0 Å². The Balaban J connectivity index is 1.25. The van der Waals surface area contributed by atoms with Gasteiger partial charge in [0.1, 0.15) is 12.4 Å². The molecule has 2 aromatic carbocycles. The van der Waals surface area contributed by atoms with Crippen molar-refractivity contribution in [2.45, 2.75) is 38.1 Å². The summed E-state index contributed by atoms with van der Waals surface area (Å²) < 4.78 is 43.9. The van der Waals surface area contributed by atoms with E-state index in [1.807, 2.05) is 0 Å². The van der Waals surface area contributed by atoms with Crippen LogP contribution in [0.3, 0.4) is 0 Å². The Morgan fingerprint density at radius 2 is 1.71 bits per heavy atom. The second-order valence-electron chi connectivity index (χ2n) is 7.83. The summed E-state index contributed by atoms with van der Waals surface area (Å²) in [5.41, 5.74) is 1.95. The molecule has 2 aliphatic heterocycles. The Bertz CT molecular complexity index is 806. The molecule has 0 spiro atoms. The zero-order chi connectivity index (χ0) is 19.7. The molecular formula is C22H25F3N2O. The predicted octanol–water partition coefficient (Wildman–Crippen LogP) is 4.35. The number of fused-ring (bicyclic) bond motifs is 2. The van der Waals surface area contributed by atoms with Crippen molar-refractivity contribution in [3.8, 4) is 5.75 Å². The number of nitrogens with zero attached hydrogens (tertiary/aromatic N) is 2. The number of rotatable bonds is 6. The average Bonchev–Trinajstić information content (AvgIpc) is 3.23. The summed E-state index contributed by atoms with van der Waals surface area (Å²) >= 11 is 0. The Labute approximate surface area is 163 Å². The molecule has 0 aromatic heterocycles. The van der Waals surface area contributed by atoms with Crippen LogP contribution in [-0.2, 0) is 12.7 Å². The van der Waals surface area contributed by atoms with E-state index in [1.165, 1.54) is 17.2 Å². The van der Waals surface area contributed by atoms with Crippen LogP contribution in [0.25, 0.3) is 0 Å². The van der Waals surface area contributed by atoms with Crippen LogP contribution in [0, 0.1) is 6.92 Å². The SMILES string of the molecule is Cc1ccc(CN2CC3C[C@H]2CN3CCOc2cccc(C(F)(F)F)c2)cc1. The van der Waals surface area contributed by atoms with Gasteiger partial charge in [-0.25, -0.2) is 0 Å². The Morgan fingerprint density at radius 1 is 1.00 bits per heavy atom. The molecule has 0 amide bonds. The summed E-state index contributed by atoms with van der Waals surface area (Å²) in [7, 11) is 0. The van der Waals surface area contributed by atoms with Crippen molar-refractivity contribution >= 4 is 0 Å². The van der Waals surface area contributed by atoms with E-state index in [9.17, 15) is 13.2 Å². The molecule has 6 heteroatoms. The van der Waals surface area contributed by atoms with Crippen LogP contribution in [0.5, 0.6) is 5.75 Å². The molecule has 2 atom stereocenters. The average molecular weight is 390 g/mol. The van der Waals surface area contributed by atoms with Gasteiger partial charge in [0.05, 0.1) is 5.56 Å². The monoisotopic (exact) mass is 390 g/mol. The summed E-state index contributed by atoms with van der Waals surface area (Å²) in [6.07, 6.45) is -3.18. The first-order valence-electron chi connectivity index (χ1n) is 9.72. The van der Waals surface area contributed by atoms with Crippen molar-refractivity contribution in [1.29, 1.82) is 0 Å². The minimum Gasteiger partial charge on any atom is -0.492 e. The topological polar surface area (TPSA) is 15.7 Å². The number of ether oxygens (including phenoxy) is 1. The van der Waals surface area contributed by atoms with Gasteiger partial charge in [0.25, 0.3) is 0 Å². The van der Waals surface area contributed by atoms with E-state index in [0.29, 0.717) is 18.7 Å². The molecule has 2 saturated heterocycles. The van der Waals surface area contributed by atoms with Gasteiger partial charge in [-0.05, 0) is 37.1 Å². The van der Waals surface area contributed by atoms with Crippen LogP contribution in [0.4, 0.5) is 13.2 Å². The number of benzene rings is 2. The van der Waals surface area contributed by atoms with E-state index in [2.05, 4.69) is 41.0 Å². The van der Waals surface area contributed by atoms with E-state index in [4.69, 9.17) is 4.74 Å². The fourth-order valence-electron chi connectivity index (χ4n) is 4.27. The lowest BCUT2D eigenvalue weighted by Gasteiger charge is -2.34. The van der Waals surface area contributed by atoms with Crippen molar-refractivity contribution in [1.82, 2.24) is 9.80 Å². The Morgan fingerprint density at radius 3 is 2.39 bits per heavy atom. The van der Waals surface area contributed by atoms with Gasteiger partial charge in [-0.1, -0.05) is 35.9 Å². The van der Waals surface area contributed by atoms with Crippen LogP contribution in [-0.4, -0.2) is 48.1 Å². The highest BCUT2D eigenvalue weighted by atomic mass is 19.4. The van der Waals surface area contributed by atoms with Gasteiger partial charge in [0, 0.05) is 38.3 Å². The molecule has 0 radical (unpaired) electrons. The number of hydrogen-bond donors (Lipinski definition) is 0. The largest absolute Gasteiger partial charge is 0.492 e. The van der Waals surface area contributed by atoms with Gasteiger partial charge in [0.15, 0.2) is 0 Å². The van der Waals surface area contributed by atoms with Crippen LogP contribution >= 0.6 is 0 Å². The lowest BCUT2D eigenvalue weighted by atomic mass is 10.1. The van der Waals surface area contributed by atoms with E-state index in [-0.39, 0.29) is 5.75 Å². The molecule has 1 unspecified atom stereocenters. The summed E-state index contributed by atoms with van der Waals surface area (Å²) in [6, 6.07) is 14.9. The van der Waals surface area contributed by atoms with Gasteiger partial charge < -0.3 is 4.74 Å². The highest BCUT2D eigenvalue weighted by Gasteiger charge is 2.42. The molecule has 4 rings (SSSR count).